The molecule has 5 rings (SSSR count). The van der Waals surface area contributed by atoms with Gasteiger partial charge in [-0.25, -0.2) is 4.79 Å². The number of rotatable bonds is 6. The highest BCUT2D eigenvalue weighted by Gasteiger charge is 2.48. The van der Waals surface area contributed by atoms with Crippen LogP contribution in [-0.4, -0.2) is 36.0 Å². The molecule has 1 aliphatic carbocycles. The van der Waals surface area contributed by atoms with E-state index in [-0.39, 0.29) is 36.0 Å². The molecule has 2 aromatic rings. The first-order valence-electron chi connectivity index (χ1n) is 12.9. The number of para-hydroxylation sites is 1. The molecule has 1 aromatic heterocycles. The van der Waals surface area contributed by atoms with Crippen LogP contribution in [0.1, 0.15) is 75.1 Å². The number of urea groups is 1. The van der Waals surface area contributed by atoms with Crippen molar-refractivity contribution in [3.05, 3.63) is 52.2 Å². The Balaban J connectivity index is 1.37. The van der Waals surface area contributed by atoms with E-state index in [4.69, 9.17) is 0 Å². The zero-order valence-electron chi connectivity index (χ0n) is 20.0. The van der Waals surface area contributed by atoms with Crippen LogP contribution in [0.5, 0.6) is 0 Å². The number of fused-ring (bicyclic) bond motifs is 3. The second kappa shape index (κ2) is 10.4. The van der Waals surface area contributed by atoms with Crippen LogP contribution in [0.2, 0.25) is 0 Å². The summed E-state index contributed by atoms with van der Waals surface area (Å²) in [6.45, 7) is 3.56. The molecule has 3 N–H and O–H groups in total. The van der Waals surface area contributed by atoms with Gasteiger partial charge in [-0.05, 0) is 59.7 Å². The lowest BCUT2D eigenvalue weighted by atomic mass is 9.79. The van der Waals surface area contributed by atoms with E-state index >= 15 is 0 Å². The van der Waals surface area contributed by atoms with E-state index < -0.39 is 0 Å². The molecular formula is C27H36N4O2S. The van der Waals surface area contributed by atoms with E-state index in [9.17, 15) is 9.59 Å². The van der Waals surface area contributed by atoms with Gasteiger partial charge in [0.25, 0.3) is 0 Å². The number of unbranched alkanes of at least 4 members (excludes halogenated alkanes) is 1. The number of carbonyl (C=O) groups excluding carboxylic acids is 2. The molecule has 182 valence electrons. The summed E-state index contributed by atoms with van der Waals surface area (Å²) in [6, 6.07) is 10.7. The molecule has 0 unspecified atom stereocenters. The van der Waals surface area contributed by atoms with Crippen molar-refractivity contribution >= 4 is 29.0 Å². The van der Waals surface area contributed by atoms with E-state index in [1.807, 2.05) is 0 Å². The summed E-state index contributed by atoms with van der Waals surface area (Å²) in [5.74, 6) is 0.415. The molecule has 1 saturated carbocycles. The second-order valence-corrected chi connectivity index (χ2v) is 10.7. The van der Waals surface area contributed by atoms with Crippen LogP contribution in [-0.2, 0) is 4.79 Å². The smallest absolute Gasteiger partial charge is 0.315 e. The second-order valence-electron chi connectivity index (χ2n) is 9.95. The van der Waals surface area contributed by atoms with Crippen molar-refractivity contribution in [1.82, 2.24) is 15.5 Å². The van der Waals surface area contributed by atoms with Crippen molar-refractivity contribution in [1.29, 1.82) is 0 Å². The third kappa shape index (κ3) is 4.54. The maximum atomic E-state index is 14.0. The predicted molar refractivity (Wildman–Crippen MR) is 137 cm³/mol. The molecule has 7 heteroatoms. The Morgan fingerprint density at radius 3 is 2.82 bits per heavy atom. The Bertz CT molecular complexity index is 994. The Labute approximate surface area is 206 Å². The first-order chi connectivity index (χ1) is 16.7. The average Bonchev–Trinajstić information content (AvgIpc) is 3.54. The topological polar surface area (TPSA) is 73.5 Å². The first kappa shape index (κ1) is 23.2. The largest absolute Gasteiger partial charge is 0.378 e. The fourth-order valence-corrected chi connectivity index (χ4v) is 6.86. The van der Waals surface area contributed by atoms with Gasteiger partial charge in [0.15, 0.2) is 0 Å². The van der Waals surface area contributed by atoms with Crippen molar-refractivity contribution in [2.75, 3.05) is 18.4 Å². The Morgan fingerprint density at radius 2 is 2.00 bits per heavy atom. The normalized spacial score (nSPS) is 27.9. The van der Waals surface area contributed by atoms with Crippen LogP contribution < -0.4 is 16.0 Å². The number of hydrogen-bond acceptors (Lipinski definition) is 4. The van der Waals surface area contributed by atoms with Gasteiger partial charge < -0.3 is 20.9 Å². The van der Waals surface area contributed by atoms with Gasteiger partial charge in [-0.2, -0.15) is 11.3 Å². The molecule has 1 aromatic carbocycles. The van der Waals surface area contributed by atoms with Gasteiger partial charge in [0.2, 0.25) is 5.91 Å². The number of amides is 3. The summed E-state index contributed by atoms with van der Waals surface area (Å²) in [5, 5.41) is 14.2. The molecule has 6 nitrogen and oxygen atoms in total. The number of thiophene rings is 1. The standard InChI is InChI=1S/C27H36N4O2S/c1-2-3-14-28-27(33)30-23-11-7-5-9-20(23)26(32)31-15-12-21-24(18-13-16-34-17-18)29-22-10-6-4-8-19(22)25(21)31/h4,6,8,10,13,16-17,20-21,23-25,29H,2-3,5,7,9,11-12,14-15H2,1H3,(H2,28,30,33)/t20-,21-,23+,24-,25-/m0/s1. The number of nitrogens with one attached hydrogen (secondary N) is 3. The minimum absolute atomic E-state index is 0.0795. The number of anilines is 1. The quantitative estimate of drug-likeness (QED) is 0.481. The van der Waals surface area contributed by atoms with Crippen LogP contribution in [0.25, 0.3) is 0 Å². The molecular weight excluding hydrogens is 444 g/mol. The lowest BCUT2D eigenvalue weighted by Crippen LogP contribution is -2.52. The van der Waals surface area contributed by atoms with Crippen molar-refractivity contribution in [2.24, 2.45) is 11.8 Å². The number of likely N-dealkylation sites (tertiary alicyclic amines) is 1. The summed E-state index contributed by atoms with van der Waals surface area (Å²) < 4.78 is 0. The average molecular weight is 481 g/mol. The van der Waals surface area contributed by atoms with Gasteiger partial charge in [-0.15, -0.1) is 0 Å². The summed E-state index contributed by atoms with van der Waals surface area (Å²) in [4.78, 5) is 28.7. The maximum Gasteiger partial charge on any atom is 0.315 e. The van der Waals surface area contributed by atoms with E-state index in [0.29, 0.717) is 12.5 Å². The van der Waals surface area contributed by atoms with Gasteiger partial charge in [0, 0.05) is 30.7 Å². The fourth-order valence-electron chi connectivity index (χ4n) is 6.16. The summed E-state index contributed by atoms with van der Waals surface area (Å²) in [7, 11) is 0. The molecule has 1 saturated heterocycles. The van der Waals surface area contributed by atoms with Crippen LogP contribution >= 0.6 is 11.3 Å². The first-order valence-corrected chi connectivity index (χ1v) is 13.8. The predicted octanol–water partition coefficient (Wildman–Crippen LogP) is 5.46. The molecule has 0 spiro atoms. The maximum absolute atomic E-state index is 14.0. The zero-order chi connectivity index (χ0) is 23.5. The summed E-state index contributed by atoms with van der Waals surface area (Å²) in [6.07, 6.45) is 6.82. The van der Waals surface area contributed by atoms with Gasteiger partial charge in [0.05, 0.1) is 18.0 Å². The van der Waals surface area contributed by atoms with Crippen LogP contribution in [0.4, 0.5) is 10.5 Å². The third-order valence-corrected chi connectivity index (χ3v) is 8.57. The van der Waals surface area contributed by atoms with E-state index in [0.717, 1.165) is 57.2 Å². The molecule has 5 atom stereocenters. The van der Waals surface area contributed by atoms with Crippen molar-refractivity contribution in [3.8, 4) is 0 Å². The lowest BCUT2D eigenvalue weighted by molar-refractivity contribution is -0.138. The van der Waals surface area contributed by atoms with Crippen molar-refractivity contribution < 1.29 is 9.59 Å². The number of carbonyl (C=O) groups is 2. The Hall–Kier alpha value is -2.54. The SMILES string of the molecule is CCCCNC(=O)N[C@@H]1CCCC[C@@H]1C(=O)N1CC[C@H]2[C@H](c3ccsc3)Nc3ccccc3[C@@H]21. The number of nitrogens with zero attached hydrogens (tertiary/aromatic N) is 1. The third-order valence-electron chi connectivity index (χ3n) is 7.86. The fraction of sp³-hybridized carbons (Fsp3) is 0.556. The number of benzene rings is 1. The molecule has 3 heterocycles. The lowest BCUT2D eigenvalue weighted by Gasteiger charge is -2.41. The molecule has 2 fully saturated rings. The highest BCUT2D eigenvalue weighted by atomic mass is 32.1. The highest BCUT2D eigenvalue weighted by Crippen LogP contribution is 2.52. The van der Waals surface area contributed by atoms with Crippen LogP contribution in [0, 0.1) is 11.8 Å². The molecule has 3 amide bonds. The molecule has 2 aliphatic heterocycles. The van der Waals surface area contributed by atoms with Gasteiger partial charge in [-0.1, -0.05) is 44.4 Å². The van der Waals surface area contributed by atoms with E-state index in [2.05, 4.69) is 68.9 Å². The monoisotopic (exact) mass is 480 g/mol. The van der Waals surface area contributed by atoms with Gasteiger partial charge in [0.1, 0.15) is 0 Å². The van der Waals surface area contributed by atoms with Crippen molar-refractivity contribution in [2.45, 2.75) is 70.0 Å². The Kier molecular flexibility index (Phi) is 7.09. The van der Waals surface area contributed by atoms with E-state index in [1.165, 1.54) is 11.1 Å². The van der Waals surface area contributed by atoms with E-state index in [1.54, 1.807) is 11.3 Å². The summed E-state index contributed by atoms with van der Waals surface area (Å²) >= 11 is 1.72. The van der Waals surface area contributed by atoms with Crippen LogP contribution in [0.3, 0.4) is 0 Å². The summed E-state index contributed by atoms with van der Waals surface area (Å²) in [5.41, 5.74) is 3.67. The Morgan fingerprint density at radius 1 is 1.15 bits per heavy atom. The zero-order valence-corrected chi connectivity index (χ0v) is 20.8. The van der Waals surface area contributed by atoms with Gasteiger partial charge >= 0.3 is 6.03 Å². The van der Waals surface area contributed by atoms with Gasteiger partial charge in [-0.3, -0.25) is 4.79 Å². The molecule has 0 bridgehead atoms. The molecule has 0 radical (unpaired) electrons. The highest BCUT2D eigenvalue weighted by molar-refractivity contribution is 7.08. The minimum atomic E-state index is -0.147. The van der Waals surface area contributed by atoms with Crippen molar-refractivity contribution in [3.63, 3.8) is 0 Å². The molecule has 3 aliphatic rings. The van der Waals surface area contributed by atoms with Crippen LogP contribution in [0.15, 0.2) is 41.1 Å². The number of hydrogen-bond donors (Lipinski definition) is 3. The minimum Gasteiger partial charge on any atom is -0.378 e. The molecule has 34 heavy (non-hydrogen) atoms.